The number of ketones is 2. The first-order valence-corrected chi connectivity index (χ1v) is 24.6. The van der Waals surface area contributed by atoms with E-state index in [0.717, 1.165) is 33.6 Å². The van der Waals surface area contributed by atoms with Gasteiger partial charge in [-0.3, -0.25) is 14.4 Å². The highest BCUT2D eigenvalue weighted by molar-refractivity contribution is 7.20. The molecule has 14 atom stereocenters. The fourth-order valence-corrected chi connectivity index (χ4v) is 11.6. The average molecular weight is 924 g/mol. The zero-order valence-electron chi connectivity index (χ0n) is 39.9. The second-order valence-corrected chi connectivity index (χ2v) is 20.4. The number of allylic oxidation sites excluding steroid dienone is 3. The number of hydrogen-bond acceptors (Lipinski definition) is 13. The summed E-state index contributed by atoms with van der Waals surface area (Å²) in [4.78, 5) is 58.4. The molecule has 1 amide bonds. The highest BCUT2D eigenvalue weighted by Crippen LogP contribution is 2.40. The maximum absolute atomic E-state index is 14.5. The molecule has 1 aromatic carbocycles. The molecule has 4 aliphatic rings. The van der Waals surface area contributed by atoms with Crippen LogP contribution in [-0.2, 0) is 42.9 Å². The second kappa shape index (κ2) is 22.5. The number of carbonyl (C=O) groups excluding carboxylic acids is 4. The second-order valence-electron chi connectivity index (χ2n) is 19.3. The molecule has 14 heteroatoms. The van der Waals surface area contributed by atoms with Crippen molar-refractivity contribution in [3.63, 3.8) is 0 Å². The normalized spacial score (nSPS) is 36.7. The minimum absolute atomic E-state index is 0.0276. The summed E-state index contributed by atoms with van der Waals surface area (Å²) in [6.07, 6.45) is 4.77. The monoisotopic (exact) mass is 923 g/mol. The van der Waals surface area contributed by atoms with Gasteiger partial charge in [0.2, 0.25) is 5.79 Å². The van der Waals surface area contributed by atoms with Gasteiger partial charge in [-0.15, -0.1) is 0 Å². The van der Waals surface area contributed by atoms with Gasteiger partial charge in [0, 0.05) is 56.7 Å². The van der Waals surface area contributed by atoms with E-state index in [9.17, 15) is 29.4 Å². The number of esters is 1. The standard InChI is InChI=1S/C51H73NO12S/c1-10-35-22-29(2)21-30(3)23-42(60-8)47-43(61-9)25-32(5)51(58,64-47)48(55)49(56)52-20-14-13-16-37(52)50(57)63-46(33(6)38(53)28-39(35)54)31(4)24-34-18-19-40(41(26-34)59-7)62-45-27-36-15-11-12-17-44(36)65-45/h11-12,15,17,22,24,27,30,32-35,37-38,40-43,46-47,53,58H,10,13-14,16,18-21,23,25-26,28H2,1-9H3. The molecule has 14 unspecified atom stereocenters. The molecule has 3 aliphatic heterocycles. The van der Waals surface area contributed by atoms with Gasteiger partial charge in [0.05, 0.1) is 24.4 Å². The topological polar surface area (TPSA) is 167 Å². The molecule has 0 spiro atoms. The van der Waals surface area contributed by atoms with Crippen molar-refractivity contribution in [1.82, 2.24) is 4.90 Å². The molecule has 1 aliphatic carbocycles. The van der Waals surface area contributed by atoms with Crippen molar-refractivity contribution in [2.45, 2.75) is 167 Å². The van der Waals surface area contributed by atoms with Crippen LogP contribution < -0.4 is 4.74 Å². The molecule has 4 heterocycles. The Labute approximate surface area is 389 Å². The highest BCUT2D eigenvalue weighted by atomic mass is 32.1. The molecule has 1 aromatic heterocycles. The SMILES string of the molecule is CCC1C=C(C)CC(C)CC(OC)C2OC(O)(C(=O)C(=O)N3CCCCC3C(=O)OC(C(C)=CC3CCC(Oc4cc5ccccc5s4)C(OC)C3)C(C)C(O)CC1=O)C(C)CC2OC. The number of piperidine rings is 1. The molecular formula is C51H73NO12S. The number of hydrogen-bond donors (Lipinski definition) is 2. The Bertz CT molecular complexity index is 2000. The predicted molar refractivity (Wildman–Crippen MR) is 248 cm³/mol. The number of carbonyl (C=O) groups is 4. The quantitative estimate of drug-likeness (QED) is 0.150. The molecule has 2 saturated heterocycles. The molecule has 3 fully saturated rings. The molecule has 2 bridgehead atoms. The molecule has 13 nitrogen and oxygen atoms in total. The van der Waals surface area contributed by atoms with Gasteiger partial charge in [0.1, 0.15) is 30.1 Å². The zero-order chi connectivity index (χ0) is 47.2. The van der Waals surface area contributed by atoms with Crippen molar-refractivity contribution in [3.8, 4) is 5.06 Å². The first-order chi connectivity index (χ1) is 31.0. The summed E-state index contributed by atoms with van der Waals surface area (Å²) < 4.78 is 38.1. The van der Waals surface area contributed by atoms with E-state index in [0.29, 0.717) is 44.1 Å². The summed E-state index contributed by atoms with van der Waals surface area (Å²) in [5.74, 6) is -7.45. The van der Waals surface area contributed by atoms with Gasteiger partial charge in [0.25, 0.3) is 11.7 Å². The Morgan fingerprint density at radius 2 is 1.63 bits per heavy atom. The van der Waals surface area contributed by atoms with Crippen LogP contribution in [-0.4, -0.2) is 121 Å². The van der Waals surface area contributed by atoms with Crippen molar-refractivity contribution in [3.05, 3.63) is 53.6 Å². The number of benzene rings is 1. The highest BCUT2D eigenvalue weighted by Gasteiger charge is 2.56. The lowest BCUT2D eigenvalue weighted by Crippen LogP contribution is -2.64. The van der Waals surface area contributed by atoms with Crippen LogP contribution >= 0.6 is 11.3 Å². The maximum atomic E-state index is 14.5. The molecular weight excluding hydrogens is 851 g/mol. The Morgan fingerprint density at radius 1 is 0.923 bits per heavy atom. The smallest absolute Gasteiger partial charge is 0.329 e. The van der Waals surface area contributed by atoms with Crippen LogP contribution in [0.2, 0.25) is 0 Å². The summed E-state index contributed by atoms with van der Waals surface area (Å²) in [5.41, 5.74) is 1.70. The number of thiophene rings is 1. The molecule has 2 N–H and O–H groups in total. The van der Waals surface area contributed by atoms with Crippen LogP contribution in [0.5, 0.6) is 5.06 Å². The van der Waals surface area contributed by atoms with Crippen LogP contribution in [0.15, 0.2) is 53.6 Å². The van der Waals surface area contributed by atoms with Gasteiger partial charge in [0.15, 0.2) is 5.06 Å². The van der Waals surface area contributed by atoms with Gasteiger partial charge >= 0.3 is 5.97 Å². The van der Waals surface area contributed by atoms with Crippen molar-refractivity contribution in [2.24, 2.45) is 29.6 Å². The van der Waals surface area contributed by atoms with E-state index in [2.05, 4.69) is 31.2 Å². The number of rotatable bonds is 8. The number of nitrogens with zero attached hydrogens (tertiary/aromatic N) is 1. The van der Waals surface area contributed by atoms with E-state index in [4.69, 9.17) is 28.4 Å². The zero-order valence-corrected chi connectivity index (χ0v) is 40.7. The first-order valence-electron chi connectivity index (χ1n) is 23.8. The Kier molecular flexibility index (Phi) is 17.6. The average Bonchev–Trinajstić information content (AvgIpc) is 3.71. The third-order valence-corrected chi connectivity index (χ3v) is 15.5. The third kappa shape index (κ3) is 11.8. The lowest BCUT2D eigenvalue weighted by Gasteiger charge is -2.47. The van der Waals surface area contributed by atoms with Crippen LogP contribution in [0.4, 0.5) is 0 Å². The third-order valence-electron chi connectivity index (χ3n) is 14.5. The largest absolute Gasteiger partial charge is 0.478 e. The van der Waals surface area contributed by atoms with E-state index in [1.807, 2.05) is 39.0 Å². The number of amides is 1. The summed E-state index contributed by atoms with van der Waals surface area (Å²) in [7, 11) is 4.77. The lowest BCUT2D eigenvalue weighted by molar-refractivity contribution is -0.302. The Balaban J connectivity index is 1.30. The lowest BCUT2D eigenvalue weighted by atomic mass is 9.81. The number of ether oxygens (including phenoxy) is 6. The summed E-state index contributed by atoms with van der Waals surface area (Å²) in [5, 5.41) is 26.0. The summed E-state index contributed by atoms with van der Waals surface area (Å²) >= 11 is 1.61. The number of cyclic esters (lactones) is 1. The van der Waals surface area contributed by atoms with Crippen LogP contribution in [0, 0.1) is 29.6 Å². The Hall–Kier alpha value is -3.50. The minimum atomic E-state index is -2.51. The van der Waals surface area contributed by atoms with E-state index in [-0.39, 0.29) is 55.6 Å². The first kappa shape index (κ1) is 50.9. The van der Waals surface area contributed by atoms with Crippen LogP contribution in [0.3, 0.4) is 0 Å². The van der Waals surface area contributed by atoms with Gasteiger partial charge in [-0.05, 0) is 113 Å². The van der Waals surface area contributed by atoms with Crippen molar-refractivity contribution in [2.75, 3.05) is 27.9 Å². The number of aliphatic hydroxyl groups is 2. The molecule has 2 aromatic rings. The molecule has 360 valence electrons. The molecule has 65 heavy (non-hydrogen) atoms. The maximum Gasteiger partial charge on any atom is 0.329 e. The van der Waals surface area contributed by atoms with Crippen molar-refractivity contribution < 1.29 is 57.8 Å². The van der Waals surface area contributed by atoms with E-state index >= 15 is 0 Å². The van der Waals surface area contributed by atoms with Gasteiger partial charge in [-0.2, -0.15) is 0 Å². The minimum Gasteiger partial charge on any atom is -0.478 e. The Morgan fingerprint density at radius 3 is 2.32 bits per heavy atom. The van der Waals surface area contributed by atoms with Crippen LogP contribution in [0.25, 0.3) is 10.1 Å². The van der Waals surface area contributed by atoms with Gasteiger partial charge in [-0.1, -0.05) is 75.0 Å². The van der Waals surface area contributed by atoms with E-state index in [1.165, 1.54) is 4.90 Å². The predicted octanol–water partition coefficient (Wildman–Crippen LogP) is 7.77. The summed E-state index contributed by atoms with van der Waals surface area (Å²) in [6, 6.07) is 9.10. The molecule has 0 radical (unpaired) electrons. The van der Waals surface area contributed by atoms with Gasteiger partial charge < -0.3 is 43.5 Å². The number of Topliss-reactive ketones (excluding diaryl/α,β-unsaturated/α-hetero) is 2. The van der Waals surface area contributed by atoms with Crippen LogP contribution in [0.1, 0.15) is 112 Å². The summed E-state index contributed by atoms with van der Waals surface area (Å²) in [6.45, 7) is 11.4. The fraction of sp³-hybridized carbons (Fsp3) is 0.686. The van der Waals surface area contributed by atoms with Crippen molar-refractivity contribution in [1.29, 1.82) is 0 Å². The molecule has 1 saturated carbocycles. The van der Waals surface area contributed by atoms with Gasteiger partial charge in [-0.25, -0.2) is 4.79 Å². The number of fused-ring (bicyclic) bond motifs is 4. The fourth-order valence-electron chi connectivity index (χ4n) is 10.7. The van der Waals surface area contributed by atoms with E-state index in [1.54, 1.807) is 46.5 Å². The number of methoxy groups -OCH3 is 3. The van der Waals surface area contributed by atoms with Crippen molar-refractivity contribution >= 4 is 44.9 Å². The number of aliphatic hydroxyl groups excluding tert-OH is 1. The van der Waals surface area contributed by atoms with E-state index < -0.39 is 77.8 Å². The molecule has 6 rings (SSSR count).